The predicted molar refractivity (Wildman–Crippen MR) is 71.4 cm³/mol. The highest BCUT2D eigenvalue weighted by Gasteiger charge is 2.14. The van der Waals surface area contributed by atoms with Crippen molar-refractivity contribution in [2.75, 3.05) is 20.3 Å². The Morgan fingerprint density at radius 3 is 2.88 bits per heavy atom. The molecule has 94 valence electrons. The molecular formula is C15H23NO. The van der Waals surface area contributed by atoms with E-state index in [1.807, 2.05) is 14.0 Å². The van der Waals surface area contributed by atoms with Crippen molar-refractivity contribution in [1.82, 2.24) is 5.32 Å². The van der Waals surface area contributed by atoms with Gasteiger partial charge in [-0.1, -0.05) is 18.2 Å². The molecule has 0 spiro atoms. The van der Waals surface area contributed by atoms with E-state index in [0.29, 0.717) is 6.04 Å². The van der Waals surface area contributed by atoms with Crippen LogP contribution in [0.3, 0.4) is 0 Å². The van der Waals surface area contributed by atoms with Crippen LogP contribution in [0.4, 0.5) is 0 Å². The molecule has 1 atom stereocenters. The summed E-state index contributed by atoms with van der Waals surface area (Å²) in [5, 5.41) is 3.39. The van der Waals surface area contributed by atoms with Gasteiger partial charge in [0.25, 0.3) is 0 Å². The number of benzene rings is 1. The van der Waals surface area contributed by atoms with E-state index in [1.165, 1.54) is 24.8 Å². The lowest BCUT2D eigenvalue weighted by Gasteiger charge is -2.17. The Morgan fingerprint density at radius 2 is 2.12 bits per heavy atom. The molecule has 1 aromatic carbocycles. The normalized spacial score (nSPS) is 15.9. The van der Waals surface area contributed by atoms with Gasteiger partial charge in [0.1, 0.15) is 0 Å². The Bertz CT molecular complexity index is 362. The van der Waals surface area contributed by atoms with Crippen molar-refractivity contribution in [2.45, 2.75) is 38.6 Å². The fourth-order valence-corrected chi connectivity index (χ4v) is 2.63. The maximum absolute atomic E-state index is 5.44. The molecule has 0 heterocycles. The van der Waals surface area contributed by atoms with Crippen LogP contribution in [0.5, 0.6) is 0 Å². The van der Waals surface area contributed by atoms with Gasteiger partial charge in [0, 0.05) is 19.3 Å². The molecule has 1 aromatic rings. The Kier molecular flexibility index (Phi) is 4.57. The van der Waals surface area contributed by atoms with Crippen LogP contribution in [0.1, 0.15) is 42.5 Å². The van der Waals surface area contributed by atoms with Crippen LogP contribution in [0, 0.1) is 0 Å². The quantitative estimate of drug-likeness (QED) is 0.763. The van der Waals surface area contributed by atoms with Crippen LogP contribution >= 0.6 is 0 Å². The number of ether oxygens (including phenoxy) is 1. The molecule has 2 heteroatoms. The molecule has 1 unspecified atom stereocenters. The van der Waals surface area contributed by atoms with Gasteiger partial charge in [0.2, 0.25) is 0 Å². The average molecular weight is 233 g/mol. The zero-order chi connectivity index (χ0) is 12.1. The maximum Gasteiger partial charge on any atom is 0.0484 e. The van der Waals surface area contributed by atoms with Crippen LogP contribution in [-0.2, 0) is 17.6 Å². The van der Waals surface area contributed by atoms with Gasteiger partial charge in [-0.3, -0.25) is 0 Å². The molecule has 1 aliphatic carbocycles. The van der Waals surface area contributed by atoms with Crippen LogP contribution in [0.15, 0.2) is 18.2 Å². The first-order valence-electron chi connectivity index (χ1n) is 6.72. The van der Waals surface area contributed by atoms with E-state index in [9.17, 15) is 0 Å². The molecule has 1 N–H and O–H groups in total. The number of nitrogens with one attached hydrogen (secondary N) is 1. The molecule has 0 aliphatic heterocycles. The van der Waals surface area contributed by atoms with Crippen molar-refractivity contribution in [3.8, 4) is 0 Å². The fourth-order valence-electron chi connectivity index (χ4n) is 2.63. The first-order chi connectivity index (χ1) is 8.35. The number of fused-ring (bicyclic) bond motifs is 1. The lowest BCUT2D eigenvalue weighted by molar-refractivity contribution is 0.137. The van der Waals surface area contributed by atoms with E-state index < -0.39 is 0 Å². The molecule has 17 heavy (non-hydrogen) atoms. The van der Waals surface area contributed by atoms with Crippen LogP contribution < -0.4 is 5.32 Å². The monoisotopic (exact) mass is 233 g/mol. The molecule has 0 saturated carbocycles. The van der Waals surface area contributed by atoms with Gasteiger partial charge < -0.3 is 10.1 Å². The summed E-state index contributed by atoms with van der Waals surface area (Å²) in [6, 6.07) is 7.39. The zero-order valence-electron chi connectivity index (χ0n) is 11.0. The highest BCUT2D eigenvalue weighted by Crippen LogP contribution is 2.26. The average Bonchev–Trinajstić information content (AvgIpc) is 2.82. The SMILES string of the molecule is CCOCCC(NC)c1ccc2c(c1)CCC2. The van der Waals surface area contributed by atoms with Gasteiger partial charge in [0.05, 0.1) is 0 Å². The smallest absolute Gasteiger partial charge is 0.0484 e. The Morgan fingerprint density at radius 1 is 1.29 bits per heavy atom. The van der Waals surface area contributed by atoms with Crippen molar-refractivity contribution in [3.05, 3.63) is 34.9 Å². The third-order valence-corrected chi connectivity index (χ3v) is 3.63. The topological polar surface area (TPSA) is 21.3 Å². The summed E-state index contributed by atoms with van der Waals surface area (Å²) in [5.41, 5.74) is 4.51. The third kappa shape index (κ3) is 3.08. The van der Waals surface area contributed by atoms with Crippen molar-refractivity contribution in [2.24, 2.45) is 0 Å². The summed E-state index contributed by atoms with van der Waals surface area (Å²) in [4.78, 5) is 0. The van der Waals surface area contributed by atoms with Crippen LogP contribution in [0.25, 0.3) is 0 Å². The van der Waals surface area contributed by atoms with E-state index in [-0.39, 0.29) is 0 Å². The van der Waals surface area contributed by atoms with Crippen molar-refractivity contribution in [3.63, 3.8) is 0 Å². The van der Waals surface area contributed by atoms with E-state index in [1.54, 1.807) is 11.1 Å². The lowest BCUT2D eigenvalue weighted by Crippen LogP contribution is -2.18. The maximum atomic E-state index is 5.44. The Balaban J connectivity index is 2.03. The van der Waals surface area contributed by atoms with Crippen LogP contribution in [0.2, 0.25) is 0 Å². The number of hydrogen-bond acceptors (Lipinski definition) is 2. The second kappa shape index (κ2) is 6.18. The predicted octanol–water partition coefficient (Wildman–Crippen LogP) is 2.86. The Hall–Kier alpha value is -0.860. The second-order valence-electron chi connectivity index (χ2n) is 4.71. The summed E-state index contributed by atoms with van der Waals surface area (Å²) >= 11 is 0. The molecule has 2 rings (SSSR count). The molecule has 2 nitrogen and oxygen atoms in total. The summed E-state index contributed by atoms with van der Waals surface area (Å²) in [6.45, 7) is 3.68. The van der Waals surface area contributed by atoms with Gasteiger partial charge >= 0.3 is 0 Å². The van der Waals surface area contributed by atoms with Crippen molar-refractivity contribution in [1.29, 1.82) is 0 Å². The first-order valence-corrected chi connectivity index (χ1v) is 6.72. The highest BCUT2D eigenvalue weighted by molar-refractivity contribution is 5.36. The summed E-state index contributed by atoms with van der Waals surface area (Å²) in [7, 11) is 2.03. The summed E-state index contributed by atoms with van der Waals surface area (Å²) < 4.78 is 5.44. The minimum atomic E-state index is 0.424. The lowest BCUT2D eigenvalue weighted by atomic mass is 9.99. The molecular weight excluding hydrogens is 210 g/mol. The standard InChI is InChI=1S/C15H23NO/c1-3-17-10-9-15(16-2)14-8-7-12-5-4-6-13(12)11-14/h7-8,11,15-16H,3-6,9-10H2,1-2H3. The van der Waals surface area contributed by atoms with Gasteiger partial charge in [-0.15, -0.1) is 0 Å². The van der Waals surface area contributed by atoms with Gasteiger partial charge in [-0.2, -0.15) is 0 Å². The van der Waals surface area contributed by atoms with Crippen LogP contribution in [-0.4, -0.2) is 20.3 Å². The van der Waals surface area contributed by atoms with E-state index in [2.05, 4.69) is 23.5 Å². The first kappa shape index (κ1) is 12.6. The number of rotatable bonds is 6. The molecule has 0 amide bonds. The molecule has 0 radical (unpaired) electrons. The largest absolute Gasteiger partial charge is 0.382 e. The third-order valence-electron chi connectivity index (χ3n) is 3.63. The second-order valence-corrected chi connectivity index (χ2v) is 4.71. The van der Waals surface area contributed by atoms with Gasteiger partial charge in [0.15, 0.2) is 0 Å². The van der Waals surface area contributed by atoms with Crippen molar-refractivity contribution < 1.29 is 4.74 Å². The molecule has 1 aliphatic rings. The molecule has 0 fully saturated rings. The Labute approximate surface area is 104 Å². The van der Waals surface area contributed by atoms with E-state index in [4.69, 9.17) is 4.74 Å². The van der Waals surface area contributed by atoms with Crippen molar-refractivity contribution >= 4 is 0 Å². The van der Waals surface area contributed by atoms with E-state index >= 15 is 0 Å². The summed E-state index contributed by atoms with van der Waals surface area (Å²) in [5.74, 6) is 0. The van der Waals surface area contributed by atoms with E-state index in [0.717, 1.165) is 19.6 Å². The van der Waals surface area contributed by atoms with Gasteiger partial charge in [-0.25, -0.2) is 0 Å². The number of aryl methyl sites for hydroxylation is 2. The molecule has 0 saturated heterocycles. The fraction of sp³-hybridized carbons (Fsp3) is 0.600. The highest BCUT2D eigenvalue weighted by atomic mass is 16.5. The summed E-state index contributed by atoms with van der Waals surface area (Å²) in [6.07, 6.45) is 4.88. The zero-order valence-corrected chi connectivity index (χ0v) is 11.0. The molecule has 0 aromatic heterocycles. The molecule has 0 bridgehead atoms. The minimum Gasteiger partial charge on any atom is -0.382 e. The number of hydrogen-bond donors (Lipinski definition) is 1. The minimum absolute atomic E-state index is 0.424. The van der Waals surface area contributed by atoms with Gasteiger partial charge in [-0.05, 0) is 56.3 Å².